The van der Waals surface area contributed by atoms with Crippen LogP contribution in [0.2, 0.25) is 0 Å². The van der Waals surface area contributed by atoms with E-state index in [0.717, 1.165) is 57.7 Å². The van der Waals surface area contributed by atoms with Gasteiger partial charge in [-0.15, -0.1) is 10.2 Å². The van der Waals surface area contributed by atoms with Crippen LogP contribution in [-0.4, -0.2) is 76.6 Å². The first-order valence-corrected chi connectivity index (χ1v) is 10.8. The first-order valence-electron chi connectivity index (χ1n) is 10.8. The Morgan fingerprint density at radius 3 is 2.41 bits per heavy atom. The van der Waals surface area contributed by atoms with Gasteiger partial charge in [0.25, 0.3) is 0 Å². The van der Waals surface area contributed by atoms with Crippen LogP contribution >= 0.6 is 0 Å². The molecule has 1 aromatic heterocycles. The highest BCUT2D eigenvalue weighted by atomic mass is 16.4. The van der Waals surface area contributed by atoms with E-state index in [1.807, 2.05) is 12.1 Å². The number of hydrogen-bond acceptors (Lipinski definition) is 6. The Hall–Kier alpha value is -2.25. The maximum atomic E-state index is 12.6. The zero-order valence-corrected chi connectivity index (χ0v) is 17.3. The van der Waals surface area contributed by atoms with Crippen LogP contribution in [0.5, 0.6) is 0 Å². The number of aryl methyl sites for hydroxylation is 1. The summed E-state index contributed by atoms with van der Waals surface area (Å²) < 4.78 is 5.87. The summed E-state index contributed by atoms with van der Waals surface area (Å²) in [4.78, 5) is 19.2. The van der Waals surface area contributed by atoms with E-state index in [1.54, 1.807) is 0 Å². The van der Waals surface area contributed by atoms with Crippen LogP contribution in [-0.2, 0) is 11.3 Å². The number of piperazine rings is 1. The standard InChI is InChI=1S/C22H31N5O2/c1-18-7-6-8-19(15-18)22-24-23-20(29-22)16-25-11-13-26(14-12-25)17-21(28)27-9-4-2-3-5-10-27/h6-8,15H,2-5,9-14,16-17H2,1H3. The molecule has 2 aliphatic heterocycles. The van der Waals surface area contributed by atoms with Gasteiger partial charge in [-0.3, -0.25) is 14.6 Å². The first kappa shape index (κ1) is 20.0. The molecule has 2 aliphatic rings. The topological polar surface area (TPSA) is 65.7 Å². The lowest BCUT2D eigenvalue weighted by Crippen LogP contribution is -2.49. The molecule has 0 aliphatic carbocycles. The van der Waals surface area contributed by atoms with Crippen LogP contribution in [0.15, 0.2) is 28.7 Å². The third-order valence-electron chi connectivity index (χ3n) is 5.87. The Morgan fingerprint density at radius 2 is 1.69 bits per heavy atom. The van der Waals surface area contributed by atoms with Crippen LogP contribution in [0.3, 0.4) is 0 Å². The number of carbonyl (C=O) groups excluding carboxylic acids is 1. The summed E-state index contributed by atoms with van der Waals surface area (Å²) in [6, 6.07) is 8.10. The van der Waals surface area contributed by atoms with E-state index >= 15 is 0 Å². The highest BCUT2D eigenvalue weighted by Crippen LogP contribution is 2.19. The van der Waals surface area contributed by atoms with Gasteiger partial charge in [-0.25, -0.2) is 0 Å². The molecule has 0 unspecified atom stereocenters. The SMILES string of the molecule is Cc1cccc(-c2nnc(CN3CCN(CC(=O)N4CCCCCC4)CC3)o2)c1. The average Bonchev–Trinajstić information content (AvgIpc) is 3.01. The summed E-state index contributed by atoms with van der Waals surface area (Å²) in [6.45, 7) is 8.75. The molecule has 0 atom stereocenters. The van der Waals surface area contributed by atoms with Gasteiger partial charge in [0, 0.05) is 44.8 Å². The highest BCUT2D eigenvalue weighted by Gasteiger charge is 2.23. The maximum Gasteiger partial charge on any atom is 0.247 e. The first-order chi connectivity index (χ1) is 14.2. The molecular formula is C22H31N5O2. The molecule has 7 nitrogen and oxygen atoms in total. The van der Waals surface area contributed by atoms with Crippen molar-refractivity contribution in [2.45, 2.75) is 39.2 Å². The minimum absolute atomic E-state index is 0.292. The van der Waals surface area contributed by atoms with Crippen LogP contribution in [0.25, 0.3) is 11.5 Å². The predicted octanol–water partition coefficient (Wildman–Crippen LogP) is 2.57. The summed E-state index contributed by atoms with van der Waals surface area (Å²) in [5, 5.41) is 8.42. The molecule has 0 N–H and O–H groups in total. The smallest absolute Gasteiger partial charge is 0.247 e. The number of carbonyl (C=O) groups is 1. The third kappa shape index (κ3) is 5.42. The number of hydrogen-bond donors (Lipinski definition) is 0. The zero-order chi connectivity index (χ0) is 20.1. The average molecular weight is 398 g/mol. The molecule has 1 aromatic carbocycles. The van der Waals surface area contributed by atoms with Crippen molar-refractivity contribution >= 4 is 5.91 Å². The van der Waals surface area contributed by atoms with Crippen molar-refractivity contribution in [2.75, 3.05) is 45.8 Å². The molecule has 0 saturated carbocycles. The van der Waals surface area contributed by atoms with Crippen LogP contribution in [0.1, 0.15) is 37.1 Å². The second-order valence-electron chi connectivity index (χ2n) is 8.22. The lowest BCUT2D eigenvalue weighted by molar-refractivity contribution is -0.132. The number of rotatable bonds is 5. The van der Waals surface area contributed by atoms with Gasteiger partial charge in [0.2, 0.25) is 17.7 Å². The van der Waals surface area contributed by atoms with Gasteiger partial charge >= 0.3 is 0 Å². The number of nitrogens with zero attached hydrogens (tertiary/aromatic N) is 5. The quantitative estimate of drug-likeness (QED) is 0.773. The van der Waals surface area contributed by atoms with E-state index in [9.17, 15) is 4.79 Å². The molecule has 1 amide bonds. The van der Waals surface area contributed by atoms with Crippen LogP contribution < -0.4 is 0 Å². The molecule has 2 saturated heterocycles. The van der Waals surface area contributed by atoms with E-state index in [-0.39, 0.29) is 0 Å². The summed E-state index contributed by atoms with van der Waals surface area (Å²) in [5.41, 5.74) is 2.13. The highest BCUT2D eigenvalue weighted by molar-refractivity contribution is 5.78. The summed E-state index contributed by atoms with van der Waals surface area (Å²) in [6.07, 6.45) is 4.80. The molecule has 4 rings (SSSR count). The lowest BCUT2D eigenvalue weighted by atomic mass is 10.1. The fraction of sp³-hybridized carbons (Fsp3) is 0.591. The predicted molar refractivity (Wildman–Crippen MR) is 111 cm³/mol. The third-order valence-corrected chi connectivity index (χ3v) is 5.87. The lowest BCUT2D eigenvalue weighted by Gasteiger charge is -2.34. The fourth-order valence-electron chi connectivity index (χ4n) is 4.12. The van der Waals surface area contributed by atoms with Gasteiger partial charge in [-0.1, -0.05) is 30.5 Å². The van der Waals surface area contributed by atoms with Crippen LogP contribution in [0, 0.1) is 6.92 Å². The normalized spacial score (nSPS) is 19.3. The Bertz CT molecular complexity index is 805. The van der Waals surface area contributed by atoms with E-state index in [4.69, 9.17) is 4.42 Å². The second-order valence-corrected chi connectivity index (χ2v) is 8.22. The van der Waals surface area contributed by atoms with Crippen LogP contribution in [0.4, 0.5) is 0 Å². The van der Waals surface area contributed by atoms with Crippen molar-refractivity contribution in [3.8, 4) is 11.5 Å². The molecule has 156 valence electrons. The van der Waals surface area contributed by atoms with Gasteiger partial charge in [-0.2, -0.15) is 0 Å². The van der Waals surface area contributed by atoms with E-state index in [0.29, 0.717) is 30.8 Å². The minimum atomic E-state index is 0.292. The van der Waals surface area contributed by atoms with Crippen molar-refractivity contribution in [1.82, 2.24) is 24.9 Å². The van der Waals surface area contributed by atoms with Gasteiger partial charge in [0.05, 0.1) is 13.1 Å². The Morgan fingerprint density at radius 1 is 0.966 bits per heavy atom. The van der Waals surface area contributed by atoms with Gasteiger partial charge in [-0.05, 0) is 31.9 Å². The van der Waals surface area contributed by atoms with Crippen molar-refractivity contribution in [2.24, 2.45) is 0 Å². The Kier molecular flexibility index (Phi) is 6.56. The number of amides is 1. The molecule has 2 fully saturated rings. The molecule has 3 heterocycles. The number of benzene rings is 1. The summed E-state index contributed by atoms with van der Waals surface area (Å²) >= 11 is 0. The summed E-state index contributed by atoms with van der Waals surface area (Å²) in [5.74, 6) is 1.51. The number of likely N-dealkylation sites (tertiary alicyclic amines) is 1. The van der Waals surface area contributed by atoms with E-state index < -0.39 is 0 Å². The Labute approximate surface area is 172 Å². The molecule has 0 radical (unpaired) electrons. The zero-order valence-electron chi connectivity index (χ0n) is 17.3. The fourth-order valence-corrected chi connectivity index (χ4v) is 4.12. The van der Waals surface area contributed by atoms with Gasteiger partial charge < -0.3 is 9.32 Å². The molecule has 0 bridgehead atoms. The molecule has 0 spiro atoms. The van der Waals surface area contributed by atoms with Crippen molar-refractivity contribution in [3.05, 3.63) is 35.7 Å². The van der Waals surface area contributed by atoms with Crippen molar-refractivity contribution in [1.29, 1.82) is 0 Å². The van der Waals surface area contributed by atoms with E-state index in [1.165, 1.54) is 18.4 Å². The number of aromatic nitrogens is 2. The maximum absolute atomic E-state index is 12.6. The van der Waals surface area contributed by atoms with Gasteiger partial charge in [0.1, 0.15) is 0 Å². The minimum Gasteiger partial charge on any atom is -0.419 e. The van der Waals surface area contributed by atoms with E-state index in [2.05, 4.69) is 44.0 Å². The van der Waals surface area contributed by atoms with Crippen molar-refractivity contribution < 1.29 is 9.21 Å². The molecule has 29 heavy (non-hydrogen) atoms. The molecular weight excluding hydrogens is 366 g/mol. The molecule has 7 heteroatoms. The monoisotopic (exact) mass is 397 g/mol. The van der Waals surface area contributed by atoms with Crippen molar-refractivity contribution in [3.63, 3.8) is 0 Å². The largest absolute Gasteiger partial charge is 0.419 e. The second kappa shape index (κ2) is 9.50. The van der Waals surface area contributed by atoms with Gasteiger partial charge in [0.15, 0.2) is 0 Å². The Balaban J connectivity index is 1.24. The summed E-state index contributed by atoms with van der Waals surface area (Å²) in [7, 11) is 0. The molecule has 2 aromatic rings.